The molecule has 0 bridgehead atoms. The molecule has 0 radical (unpaired) electrons. The smallest absolute Gasteiger partial charge is 0.251 e. The SMILES string of the molecule is CCCCOCCCNC(=O)c1ccc(O)c(C)c1. The zero-order chi connectivity index (χ0) is 14.1. The summed E-state index contributed by atoms with van der Waals surface area (Å²) in [5.74, 6) is 0.0949. The molecular weight excluding hydrogens is 242 g/mol. The molecule has 1 amide bonds. The molecular formula is C15H23NO3. The van der Waals surface area contributed by atoms with E-state index in [9.17, 15) is 9.90 Å². The van der Waals surface area contributed by atoms with Crippen LogP contribution in [0.2, 0.25) is 0 Å². The van der Waals surface area contributed by atoms with E-state index in [2.05, 4.69) is 12.2 Å². The lowest BCUT2D eigenvalue weighted by Crippen LogP contribution is -2.25. The molecule has 4 nitrogen and oxygen atoms in total. The van der Waals surface area contributed by atoms with Gasteiger partial charge < -0.3 is 15.2 Å². The first kappa shape index (κ1) is 15.5. The van der Waals surface area contributed by atoms with Gasteiger partial charge in [0.1, 0.15) is 5.75 Å². The Hall–Kier alpha value is -1.55. The zero-order valence-electron chi connectivity index (χ0n) is 11.7. The Kier molecular flexibility index (Phi) is 6.97. The molecule has 2 N–H and O–H groups in total. The molecule has 0 aromatic heterocycles. The second kappa shape index (κ2) is 8.53. The van der Waals surface area contributed by atoms with Gasteiger partial charge in [-0.25, -0.2) is 0 Å². The topological polar surface area (TPSA) is 58.6 Å². The molecule has 1 aromatic rings. The van der Waals surface area contributed by atoms with Crippen LogP contribution in [0.5, 0.6) is 5.75 Å². The molecule has 0 heterocycles. The maximum absolute atomic E-state index is 11.8. The number of carbonyl (C=O) groups is 1. The summed E-state index contributed by atoms with van der Waals surface area (Å²) in [5.41, 5.74) is 1.28. The molecule has 0 fully saturated rings. The van der Waals surface area contributed by atoms with Gasteiger partial charge >= 0.3 is 0 Å². The Labute approximate surface area is 114 Å². The summed E-state index contributed by atoms with van der Waals surface area (Å²) < 4.78 is 5.41. The molecule has 0 unspecified atom stereocenters. The monoisotopic (exact) mass is 265 g/mol. The van der Waals surface area contributed by atoms with Crippen LogP contribution < -0.4 is 5.32 Å². The van der Waals surface area contributed by atoms with E-state index in [1.807, 2.05) is 0 Å². The summed E-state index contributed by atoms with van der Waals surface area (Å²) in [7, 11) is 0. The van der Waals surface area contributed by atoms with Crippen LogP contribution in [0.4, 0.5) is 0 Å². The number of aromatic hydroxyl groups is 1. The zero-order valence-corrected chi connectivity index (χ0v) is 11.7. The minimum Gasteiger partial charge on any atom is -0.508 e. The Bertz CT molecular complexity index is 404. The summed E-state index contributed by atoms with van der Waals surface area (Å²) in [6, 6.07) is 4.84. The quantitative estimate of drug-likeness (QED) is 0.710. The van der Waals surface area contributed by atoms with Crippen LogP contribution in [0.1, 0.15) is 42.1 Å². The van der Waals surface area contributed by atoms with Crippen molar-refractivity contribution in [3.8, 4) is 5.75 Å². The van der Waals surface area contributed by atoms with Crippen molar-refractivity contribution in [1.82, 2.24) is 5.32 Å². The van der Waals surface area contributed by atoms with Gasteiger partial charge in [0.2, 0.25) is 0 Å². The molecule has 19 heavy (non-hydrogen) atoms. The maximum atomic E-state index is 11.8. The lowest BCUT2D eigenvalue weighted by atomic mass is 10.1. The minimum atomic E-state index is -0.114. The Morgan fingerprint density at radius 3 is 2.74 bits per heavy atom. The third kappa shape index (κ3) is 5.75. The molecule has 0 saturated carbocycles. The van der Waals surface area contributed by atoms with Crippen LogP contribution in [-0.2, 0) is 4.74 Å². The number of nitrogens with one attached hydrogen (secondary N) is 1. The van der Waals surface area contributed by atoms with E-state index in [1.165, 1.54) is 6.07 Å². The Morgan fingerprint density at radius 2 is 2.05 bits per heavy atom. The van der Waals surface area contributed by atoms with E-state index in [-0.39, 0.29) is 11.7 Å². The molecule has 0 aliphatic rings. The number of phenols is 1. The summed E-state index contributed by atoms with van der Waals surface area (Å²) in [6.07, 6.45) is 3.03. The van der Waals surface area contributed by atoms with E-state index in [4.69, 9.17) is 4.74 Å². The Balaban J connectivity index is 2.22. The lowest BCUT2D eigenvalue weighted by Gasteiger charge is -2.07. The highest BCUT2D eigenvalue weighted by Gasteiger charge is 2.06. The first-order valence-electron chi connectivity index (χ1n) is 6.80. The van der Waals surface area contributed by atoms with Crippen LogP contribution >= 0.6 is 0 Å². The van der Waals surface area contributed by atoms with Gasteiger partial charge in [-0.3, -0.25) is 4.79 Å². The second-order valence-electron chi connectivity index (χ2n) is 4.58. The second-order valence-corrected chi connectivity index (χ2v) is 4.58. The average molecular weight is 265 g/mol. The third-order valence-electron chi connectivity index (χ3n) is 2.85. The van der Waals surface area contributed by atoms with Crippen molar-refractivity contribution in [3.05, 3.63) is 29.3 Å². The summed E-state index contributed by atoms with van der Waals surface area (Å²) >= 11 is 0. The van der Waals surface area contributed by atoms with Crippen molar-refractivity contribution in [2.75, 3.05) is 19.8 Å². The van der Waals surface area contributed by atoms with E-state index in [0.717, 1.165) is 25.9 Å². The number of phenolic OH excluding ortho intramolecular Hbond substituents is 1. The molecule has 0 saturated heterocycles. The molecule has 106 valence electrons. The molecule has 1 aromatic carbocycles. The molecule has 0 atom stereocenters. The fourth-order valence-corrected chi connectivity index (χ4v) is 1.62. The predicted molar refractivity (Wildman–Crippen MR) is 75.5 cm³/mol. The lowest BCUT2D eigenvalue weighted by molar-refractivity contribution is 0.0940. The van der Waals surface area contributed by atoms with Gasteiger partial charge in [-0.1, -0.05) is 13.3 Å². The average Bonchev–Trinajstić information content (AvgIpc) is 2.40. The molecule has 4 heteroatoms. The largest absolute Gasteiger partial charge is 0.508 e. The molecule has 0 aliphatic heterocycles. The first-order valence-corrected chi connectivity index (χ1v) is 6.80. The highest BCUT2D eigenvalue weighted by molar-refractivity contribution is 5.94. The molecule has 0 aliphatic carbocycles. The standard InChI is InChI=1S/C15H23NO3/c1-3-4-9-19-10-5-8-16-15(18)13-6-7-14(17)12(2)11-13/h6-7,11,17H,3-5,8-10H2,1-2H3,(H,16,18). The number of carbonyl (C=O) groups excluding carboxylic acids is 1. The summed E-state index contributed by atoms with van der Waals surface area (Å²) in [5, 5.41) is 12.2. The fourth-order valence-electron chi connectivity index (χ4n) is 1.62. The summed E-state index contributed by atoms with van der Waals surface area (Å²) in [4.78, 5) is 11.8. The number of hydrogen-bond donors (Lipinski definition) is 2. The van der Waals surface area contributed by atoms with Crippen molar-refractivity contribution in [3.63, 3.8) is 0 Å². The van der Waals surface area contributed by atoms with Gasteiger partial charge in [0.15, 0.2) is 0 Å². The van der Waals surface area contributed by atoms with Crippen LogP contribution in [0.3, 0.4) is 0 Å². The van der Waals surface area contributed by atoms with Gasteiger partial charge in [-0.15, -0.1) is 0 Å². The van der Waals surface area contributed by atoms with Crippen molar-refractivity contribution in [2.24, 2.45) is 0 Å². The van der Waals surface area contributed by atoms with Gasteiger partial charge in [0.25, 0.3) is 5.91 Å². The van der Waals surface area contributed by atoms with Gasteiger partial charge in [-0.2, -0.15) is 0 Å². The van der Waals surface area contributed by atoms with Crippen LogP contribution in [-0.4, -0.2) is 30.8 Å². The van der Waals surface area contributed by atoms with E-state index in [0.29, 0.717) is 24.3 Å². The third-order valence-corrected chi connectivity index (χ3v) is 2.85. The number of benzene rings is 1. The maximum Gasteiger partial charge on any atom is 0.251 e. The predicted octanol–water partition coefficient (Wildman–Crippen LogP) is 2.64. The van der Waals surface area contributed by atoms with Gasteiger partial charge in [0.05, 0.1) is 0 Å². The van der Waals surface area contributed by atoms with Crippen molar-refractivity contribution in [1.29, 1.82) is 0 Å². The van der Waals surface area contributed by atoms with E-state index in [1.54, 1.807) is 19.1 Å². The van der Waals surface area contributed by atoms with Gasteiger partial charge in [-0.05, 0) is 43.5 Å². The minimum absolute atomic E-state index is 0.114. The van der Waals surface area contributed by atoms with Gasteiger partial charge in [0, 0.05) is 25.3 Å². The van der Waals surface area contributed by atoms with Crippen LogP contribution in [0.15, 0.2) is 18.2 Å². The number of unbranched alkanes of at least 4 members (excludes halogenated alkanes) is 1. The molecule has 0 spiro atoms. The molecule has 1 rings (SSSR count). The first-order chi connectivity index (χ1) is 9.15. The highest BCUT2D eigenvalue weighted by atomic mass is 16.5. The summed E-state index contributed by atoms with van der Waals surface area (Å²) in [6.45, 7) is 5.97. The van der Waals surface area contributed by atoms with Crippen molar-refractivity contribution < 1.29 is 14.6 Å². The van der Waals surface area contributed by atoms with Crippen LogP contribution in [0, 0.1) is 6.92 Å². The Morgan fingerprint density at radius 1 is 1.32 bits per heavy atom. The fraction of sp³-hybridized carbons (Fsp3) is 0.533. The number of aryl methyl sites for hydroxylation is 1. The van der Waals surface area contributed by atoms with Crippen molar-refractivity contribution in [2.45, 2.75) is 33.1 Å². The van der Waals surface area contributed by atoms with Crippen LogP contribution in [0.25, 0.3) is 0 Å². The number of rotatable bonds is 8. The van der Waals surface area contributed by atoms with Crippen molar-refractivity contribution >= 4 is 5.91 Å². The van der Waals surface area contributed by atoms with E-state index >= 15 is 0 Å². The normalized spacial score (nSPS) is 10.4. The van der Waals surface area contributed by atoms with E-state index < -0.39 is 0 Å². The highest BCUT2D eigenvalue weighted by Crippen LogP contribution is 2.16. The number of hydrogen-bond acceptors (Lipinski definition) is 3. The number of ether oxygens (including phenoxy) is 1. The number of amides is 1.